The van der Waals surface area contributed by atoms with E-state index in [0.717, 1.165) is 69.9 Å². The molecule has 0 bridgehead atoms. The van der Waals surface area contributed by atoms with Crippen LogP contribution in [0.1, 0.15) is 68.1 Å². The predicted octanol–water partition coefficient (Wildman–Crippen LogP) is 4.35. The standard InChI is InChI=1S/C38H50N2O8S/c1-26-9-12-29(49-20-6-18-40(17-4-5-19-41)36(45)22-33(43)37(46)34(44)24-42)21-27(26)25-47-38(14-15-38)32-23-39-16-13-30(32)31-7-2-3-8-35(31)48-28-10-11-28/h2-3,7-9,12-13,16,21,23,28,33-34,37,41-44,46H,4-6,10-11,14-15,17-20,22,24-25H2,1H3. The van der Waals surface area contributed by atoms with Crippen LogP contribution in [0.3, 0.4) is 0 Å². The van der Waals surface area contributed by atoms with Crippen molar-refractivity contribution in [2.45, 2.75) is 99.8 Å². The van der Waals surface area contributed by atoms with Crippen molar-refractivity contribution in [3.63, 3.8) is 0 Å². The smallest absolute Gasteiger partial charge is 0.225 e. The van der Waals surface area contributed by atoms with Gasteiger partial charge in [0.25, 0.3) is 0 Å². The third kappa shape index (κ3) is 10.3. The first kappa shape index (κ1) is 37.2. The average molecular weight is 695 g/mol. The highest BCUT2D eigenvalue weighted by Crippen LogP contribution is 2.53. The number of aliphatic hydroxyl groups excluding tert-OH is 5. The maximum atomic E-state index is 13.0. The molecule has 0 radical (unpaired) electrons. The van der Waals surface area contributed by atoms with Gasteiger partial charge in [-0.3, -0.25) is 9.78 Å². The van der Waals surface area contributed by atoms with Crippen molar-refractivity contribution in [3.05, 3.63) is 77.6 Å². The summed E-state index contributed by atoms with van der Waals surface area (Å²) >= 11 is 1.70. The number of pyridine rings is 1. The molecule has 266 valence electrons. The highest BCUT2D eigenvalue weighted by Gasteiger charge is 2.47. The summed E-state index contributed by atoms with van der Waals surface area (Å²) in [5.74, 6) is 1.31. The van der Waals surface area contributed by atoms with Crippen LogP contribution in [0.4, 0.5) is 0 Å². The minimum Gasteiger partial charge on any atom is -0.490 e. The summed E-state index contributed by atoms with van der Waals surface area (Å²) in [6, 6.07) is 16.7. The van der Waals surface area contributed by atoms with Crippen molar-refractivity contribution in [2.24, 2.45) is 0 Å². The second kappa shape index (κ2) is 17.8. The molecule has 0 spiro atoms. The fourth-order valence-corrected chi connectivity index (χ4v) is 6.78. The van der Waals surface area contributed by atoms with Gasteiger partial charge in [0.05, 0.1) is 37.4 Å². The van der Waals surface area contributed by atoms with Crippen LogP contribution in [0.2, 0.25) is 0 Å². The molecule has 2 saturated carbocycles. The zero-order chi connectivity index (χ0) is 34.8. The lowest BCUT2D eigenvalue weighted by Gasteiger charge is -2.26. The average Bonchev–Trinajstić information content (AvgIpc) is 4.06. The third-order valence-electron chi connectivity index (χ3n) is 9.23. The quantitative estimate of drug-likeness (QED) is 0.0804. The Morgan fingerprint density at radius 2 is 1.78 bits per heavy atom. The van der Waals surface area contributed by atoms with Crippen LogP contribution in [0.25, 0.3) is 11.1 Å². The number of para-hydroxylation sites is 1. The maximum Gasteiger partial charge on any atom is 0.225 e. The summed E-state index contributed by atoms with van der Waals surface area (Å²) in [5, 5.41) is 48.1. The van der Waals surface area contributed by atoms with Gasteiger partial charge in [-0.05, 0) is 98.6 Å². The van der Waals surface area contributed by atoms with Gasteiger partial charge >= 0.3 is 0 Å². The van der Waals surface area contributed by atoms with Crippen LogP contribution in [0, 0.1) is 6.92 Å². The molecule has 0 saturated heterocycles. The maximum absolute atomic E-state index is 13.0. The van der Waals surface area contributed by atoms with Crippen molar-refractivity contribution in [2.75, 3.05) is 32.1 Å². The molecule has 2 aliphatic rings. The number of nitrogens with zero attached hydrogens (tertiary/aromatic N) is 2. The number of aliphatic hydroxyl groups is 5. The van der Waals surface area contributed by atoms with E-state index < -0.39 is 30.5 Å². The van der Waals surface area contributed by atoms with E-state index in [2.05, 4.69) is 42.2 Å². The number of ether oxygens (including phenoxy) is 2. The van der Waals surface area contributed by atoms with Crippen molar-refractivity contribution < 1.29 is 39.8 Å². The van der Waals surface area contributed by atoms with Gasteiger partial charge < -0.3 is 39.9 Å². The molecule has 5 rings (SSSR count). The van der Waals surface area contributed by atoms with E-state index >= 15 is 0 Å². The predicted molar refractivity (Wildman–Crippen MR) is 188 cm³/mol. The Morgan fingerprint density at radius 3 is 2.51 bits per heavy atom. The molecule has 3 unspecified atom stereocenters. The fraction of sp³-hybridized carbons (Fsp3) is 0.526. The van der Waals surface area contributed by atoms with E-state index in [1.165, 1.54) is 0 Å². The van der Waals surface area contributed by atoms with E-state index in [0.29, 0.717) is 45.1 Å². The molecular formula is C38H50N2O8S. The van der Waals surface area contributed by atoms with Crippen LogP contribution >= 0.6 is 11.8 Å². The number of carbonyl (C=O) groups excluding carboxylic acids is 1. The van der Waals surface area contributed by atoms with Gasteiger partial charge in [-0.25, -0.2) is 0 Å². The summed E-state index contributed by atoms with van der Waals surface area (Å²) in [6.45, 7) is 2.75. The Bertz CT molecular complexity index is 1510. The van der Waals surface area contributed by atoms with Crippen molar-refractivity contribution >= 4 is 17.7 Å². The molecule has 3 aromatic rings. The van der Waals surface area contributed by atoms with Crippen molar-refractivity contribution in [1.82, 2.24) is 9.88 Å². The number of carbonyl (C=O) groups is 1. The number of benzene rings is 2. The Kier molecular flexibility index (Phi) is 13.5. The molecule has 10 nitrogen and oxygen atoms in total. The van der Waals surface area contributed by atoms with Crippen molar-refractivity contribution in [3.8, 4) is 16.9 Å². The van der Waals surface area contributed by atoms with Crippen LogP contribution in [-0.4, -0.2) is 97.8 Å². The van der Waals surface area contributed by atoms with Crippen LogP contribution in [0.5, 0.6) is 5.75 Å². The lowest BCUT2D eigenvalue weighted by atomic mass is 9.96. The lowest BCUT2D eigenvalue weighted by molar-refractivity contribution is -0.138. The topological polar surface area (TPSA) is 153 Å². The zero-order valence-electron chi connectivity index (χ0n) is 28.2. The summed E-state index contributed by atoms with van der Waals surface area (Å²) in [4.78, 5) is 20.2. The van der Waals surface area contributed by atoms with E-state index in [1.807, 2.05) is 30.6 Å². The van der Waals surface area contributed by atoms with Crippen LogP contribution in [-0.2, 0) is 21.7 Å². The van der Waals surface area contributed by atoms with Gasteiger partial charge in [-0.2, -0.15) is 0 Å². The Hall–Kier alpha value is -3.03. The number of aryl methyl sites for hydroxylation is 1. The molecule has 5 N–H and O–H groups in total. The first-order valence-electron chi connectivity index (χ1n) is 17.3. The van der Waals surface area contributed by atoms with Gasteiger partial charge in [-0.1, -0.05) is 24.3 Å². The van der Waals surface area contributed by atoms with E-state index in [1.54, 1.807) is 16.7 Å². The molecule has 3 atom stereocenters. The van der Waals surface area contributed by atoms with Gasteiger partial charge in [-0.15, -0.1) is 11.8 Å². The van der Waals surface area contributed by atoms with Gasteiger partial charge in [0.15, 0.2) is 0 Å². The second-order valence-corrected chi connectivity index (χ2v) is 14.3. The van der Waals surface area contributed by atoms with Crippen LogP contribution < -0.4 is 4.74 Å². The molecule has 2 aromatic carbocycles. The number of unbranched alkanes of at least 4 members (excludes halogenated alkanes) is 1. The van der Waals surface area contributed by atoms with Crippen molar-refractivity contribution in [1.29, 1.82) is 0 Å². The molecule has 11 heteroatoms. The van der Waals surface area contributed by atoms with Gasteiger partial charge in [0.2, 0.25) is 5.91 Å². The molecule has 0 aliphatic heterocycles. The largest absolute Gasteiger partial charge is 0.490 e. The lowest BCUT2D eigenvalue weighted by Crippen LogP contribution is -2.43. The summed E-state index contributed by atoms with van der Waals surface area (Å²) in [6.07, 6.45) is 4.98. The molecule has 49 heavy (non-hydrogen) atoms. The number of rotatable bonds is 21. The van der Waals surface area contributed by atoms with Gasteiger partial charge in [0.1, 0.15) is 18.0 Å². The first-order chi connectivity index (χ1) is 23.7. The zero-order valence-corrected chi connectivity index (χ0v) is 29.1. The number of hydrogen-bond acceptors (Lipinski definition) is 10. The highest BCUT2D eigenvalue weighted by molar-refractivity contribution is 7.99. The number of amides is 1. The molecule has 1 heterocycles. The third-order valence-corrected chi connectivity index (χ3v) is 10.3. The number of thioether (sulfide) groups is 1. The normalized spacial score (nSPS) is 16.9. The Balaban J connectivity index is 1.17. The molecule has 2 aliphatic carbocycles. The molecule has 1 amide bonds. The molecule has 2 fully saturated rings. The summed E-state index contributed by atoms with van der Waals surface area (Å²) < 4.78 is 13.0. The SMILES string of the molecule is Cc1ccc(SCCCN(CCCCO)C(=O)CC(O)C(O)C(O)CO)cc1COC1(c2cnccc2-c2ccccc2OC2CC2)CC1. The summed E-state index contributed by atoms with van der Waals surface area (Å²) in [5.41, 5.74) is 5.15. The summed E-state index contributed by atoms with van der Waals surface area (Å²) in [7, 11) is 0. The Labute approximate surface area is 293 Å². The highest BCUT2D eigenvalue weighted by atomic mass is 32.2. The Morgan fingerprint density at radius 1 is 1.00 bits per heavy atom. The molecule has 1 aromatic heterocycles. The minimum atomic E-state index is -1.62. The first-order valence-corrected chi connectivity index (χ1v) is 18.3. The fourth-order valence-electron chi connectivity index (χ4n) is 5.88. The molecular weight excluding hydrogens is 644 g/mol. The van der Waals surface area contributed by atoms with E-state index in [9.17, 15) is 25.2 Å². The van der Waals surface area contributed by atoms with Crippen LogP contribution in [0.15, 0.2) is 65.8 Å². The minimum absolute atomic E-state index is 0.0230. The number of hydrogen-bond donors (Lipinski definition) is 5. The second-order valence-electron chi connectivity index (χ2n) is 13.1. The number of aromatic nitrogens is 1. The van der Waals surface area contributed by atoms with Gasteiger partial charge in [0, 0.05) is 48.1 Å². The monoisotopic (exact) mass is 694 g/mol. The van der Waals surface area contributed by atoms with E-state index in [-0.39, 0.29) is 18.9 Å². The van der Waals surface area contributed by atoms with E-state index in [4.69, 9.17) is 14.6 Å².